The Morgan fingerprint density at radius 2 is 2.33 bits per heavy atom. The van der Waals surface area contributed by atoms with E-state index in [4.69, 9.17) is 4.74 Å². The number of ether oxygens (including phenoxy) is 1. The van der Waals surface area contributed by atoms with Crippen molar-refractivity contribution in [2.45, 2.75) is 20.3 Å². The van der Waals surface area contributed by atoms with Gasteiger partial charge in [0.2, 0.25) is 0 Å². The second kappa shape index (κ2) is 2.72. The maximum atomic E-state index is 5.30. The molecule has 1 aliphatic heterocycles. The van der Waals surface area contributed by atoms with Crippen LogP contribution in [-0.2, 0) is 4.74 Å². The average Bonchev–Trinajstić information content (AvgIpc) is 2.18. The fourth-order valence-corrected chi connectivity index (χ4v) is 0.902. The van der Waals surface area contributed by atoms with Crippen LogP contribution >= 0.6 is 0 Å². The first kappa shape index (κ1) is 6.40. The Bertz CT molecular complexity index is 154. The zero-order chi connectivity index (χ0) is 6.69. The lowest BCUT2D eigenvalue weighted by atomic mass is 10.2. The molecule has 1 nitrogen and oxygen atoms in total. The smallest absolute Gasteiger partial charge is 0.118 e. The highest BCUT2D eigenvalue weighted by Crippen LogP contribution is 2.18. The van der Waals surface area contributed by atoms with Gasteiger partial charge in [0, 0.05) is 6.42 Å². The van der Waals surface area contributed by atoms with Gasteiger partial charge in [-0.1, -0.05) is 6.08 Å². The molecule has 0 spiro atoms. The summed E-state index contributed by atoms with van der Waals surface area (Å²) in [5.74, 6) is 1.07. The Morgan fingerprint density at radius 3 is 2.78 bits per heavy atom. The molecule has 1 aliphatic rings. The quantitative estimate of drug-likeness (QED) is 0.521. The third-order valence-corrected chi connectivity index (χ3v) is 1.47. The van der Waals surface area contributed by atoms with Crippen molar-refractivity contribution in [3.63, 3.8) is 0 Å². The lowest BCUT2D eigenvalue weighted by Crippen LogP contribution is -1.78. The summed E-state index contributed by atoms with van der Waals surface area (Å²) in [4.78, 5) is 0. The Morgan fingerprint density at radius 1 is 1.56 bits per heavy atom. The summed E-state index contributed by atoms with van der Waals surface area (Å²) in [7, 11) is 0. The summed E-state index contributed by atoms with van der Waals surface area (Å²) in [6.07, 6.45) is 5.12. The van der Waals surface area contributed by atoms with Gasteiger partial charge in [0.15, 0.2) is 0 Å². The summed E-state index contributed by atoms with van der Waals surface area (Å²) in [6.45, 7) is 4.98. The summed E-state index contributed by atoms with van der Waals surface area (Å²) in [6, 6.07) is 0. The Kier molecular flexibility index (Phi) is 1.93. The van der Waals surface area contributed by atoms with E-state index in [0.717, 1.165) is 18.8 Å². The fraction of sp³-hybridized carbons (Fsp3) is 0.500. The predicted molar refractivity (Wildman–Crippen MR) is 38.1 cm³/mol. The molecule has 0 atom stereocenters. The molecule has 1 heterocycles. The van der Waals surface area contributed by atoms with Gasteiger partial charge >= 0.3 is 0 Å². The van der Waals surface area contributed by atoms with Crippen molar-refractivity contribution in [3.05, 3.63) is 23.5 Å². The first-order valence-electron chi connectivity index (χ1n) is 3.30. The van der Waals surface area contributed by atoms with Gasteiger partial charge in [-0.15, -0.1) is 0 Å². The first-order chi connectivity index (χ1) is 4.34. The molecular formula is C8H12O. The molecule has 9 heavy (non-hydrogen) atoms. The normalized spacial score (nSPS) is 19.3. The highest BCUT2D eigenvalue weighted by Gasteiger charge is 2.07. The summed E-state index contributed by atoms with van der Waals surface area (Å²) in [5, 5.41) is 0. The van der Waals surface area contributed by atoms with Crippen molar-refractivity contribution >= 4 is 0 Å². The van der Waals surface area contributed by atoms with Crippen molar-refractivity contribution in [2.24, 2.45) is 0 Å². The standard InChI is InChI=1S/C8H12O/c1-3-4-8-7(2)5-6-9-8/h3-4H,5-6H2,1-2H3/b4-3-. The van der Waals surface area contributed by atoms with E-state index in [1.54, 1.807) is 0 Å². The number of hydrogen-bond donors (Lipinski definition) is 0. The molecule has 1 rings (SSSR count). The minimum absolute atomic E-state index is 0.867. The van der Waals surface area contributed by atoms with Crippen LogP contribution in [0.1, 0.15) is 20.3 Å². The minimum atomic E-state index is 0.867. The third-order valence-electron chi connectivity index (χ3n) is 1.47. The molecule has 0 amide bonds. The third kappa shape index (κ3) is 1.35. The van der Waals surface area contributed by atoms with Crippen LogP contribution in [0.2, 0.25) is 0 Å². The summed E-state index contributed by atoms with van der Waals surface area (Å²) < 4.78 is 5.30. The second-order valence-corrected chi connectivity index (χ2v) is 2.24. The zero-order valence-electron chi connectivity index (χ0n) is 5.98. The van der Waals surface area contributed by atoms with E-state index < -0.39 is 0 Å². The maximum absolute atomic E-state index is 5.30. The molecule has 0 aromatic rings. The van der Waals surface area contributed by atoms with Crippen LogP contribution in [0.3, 0.4) is 0 Å². The van der Waals surface area contributed by atoms with E-state index in [-0.39, 0.29) is 0 Å². The van der Waals surface area contributed by atoms with Gasteiger partial charge in [0.25, 0.3) is 0 Å². The van der Waals surface area contributed by atoms with Gasteiger partial charge in [-0.25, -0.2) is 0 Å². The van der Waals surface area contributed by atoms with Gasteiger partial charge < -0.3 is 4.74 Å². The van der Waals surface area contributed by atoms with Crippen molar-refractivity contribution in [3.8, 4) is 0 Å². The van der Waals surface area contributed by atoms with Gasteiger partial charge in [-0.05, 0) is 25.5 Å². The molecule has 0 aromatic heterocycles. The number of hydrogen-bond acceptors (Lipinski definition) is 1. The zero-order valence-corrected chi connectivity index (χ0v) is 5.98. The largest absolute Gasteiger partial charge is 0.493 e. The van der Waals surface area contributed by atoms with Crippen LogP contribution < -0.4 is 0 Å². The van der Waals surface area contributed by atoms with E-state index >= 15 is 0 Å². The fourth-order valence-electron chi connectivity index (χ4n) is 0.902. The summed E-state index contributed by atoms with van der Waals surface area (Å²) >= 11 is 0. The van der Waals surface area contributed by atoms with Crippen molar-refractivity contribution < 1.29 is 4.74 Å². The molecule has 0 unspecified atom stereocenters. The van der Waals surface area contributed by atoms with E-state index in [2.05, 4.69) is 6.92 Å². The van der Waals surface area contributed by atoms with E-state index in [1.165, 1.54) is 5.57 Å². The maximum Gasteiger partial charge on any atom is 0.118 e. The Hall–Kier alpha value is -0.720. The SMILES string of the molecule is C/C=C\C1=C(C)CCO1. The van der Waals surface area contributed by atoms with Gasteiger partial charge in [-0.3, -0.25) is 0 Å². The van der Waals surface area contributed by atoms with Crippen LogP contribution in [-0.4, -0.2) is 6.61 Å². The van der Waals surface area contributed by atoms with E-state index in [1.807, 2.05) is 19.1 Å². The van der Waals surface area contributed by atoms with Gasteiger partial charge in [-0.2, -0.15) is 0 Å². The molecule has 0 saturated heterocycles. The second-order valence-electron chi connectivity index (χ2n) is 2.24. The van der Waals surface area contributed by atoms with Crippen molar-refractivity contribution in [1.29, 1.82) is 0 Å². The molecule has 0 radical (unpaired) electrons. The summed E-state index contributed by atoms with van der Waals surface area (Å²) in [5.41, 5.74) is 1.37. The van der Waals surface area contributed by atoms with Crippen molar-refractivity contribution in [1.82, 2.24) is 0 Å². The molecular weight excluding hydrogens is 112 g/mol. The van der Waals surface area contributed by atoms with Gasteiger partial charge in [0.05, 0.1) is 6.61 Å². The monoisotopic (exact) mass is 124 g/mol. The molecule has 0 bridgehead atoms. The number of allylic oxidation sites excluding steroid dienone is 2. The Labute approximate surface area is 56.0 Å². The van der Waals surface area contributed by atoms with E-state index in [0.29, 0.717) is 0 Å². The van der Waals surface area contributed by atoms with Crippen LogP contribution in [0, 0.1) is 0 Å². The molecule has 0 N–H and O–H groups in total. The minimum Gasteiger partial charge on any atom is -0.493 e. The molecule has 0 saturated carbocycles. The molecule has 0 aliphatic carbocycles. The van der Waals surface area contributed by atoms with Crippen LogP contribution in [0.15, 0.2) is 23.5 Å². The molecule has 1 heteroatoms. The number of rotatable bonds is 1. The highest BCUT2D eigenvalue weighted by molar-refractivity contribution is 5.21. The van der Waals surface area contributed by atoms with Crippen LogP contribution in [0.4, 0.5) is 0 Å². The predicted octanol–water partition coefficient (Wildman–Crippen LogP) is 2.26. The van der Waals surface area contributed by atoms with E-state index in [9.17, 15) is 0 Å². The molecule has 0 aromatic carbocycles. The van der Waals surface area contributed by atoms with Crippen molar-refractivity contribution in [2.75, 3.05) is 6.61 Å². The van der Waals surface area contributed by atoms with Crippen LogP contribution in [0.25, 0.3) is 0 Å². The van der Waals surface area contributed by atoms with Gasteiger partial charge in [0.1, 0.15) is 5.76 Å². The average molecular weight is 124 g/mol. The highest BCUT2D eigenvalue weighted by atomic mass is 16.5. The Balaban J connectivity index is 2.66. The first-order valence-corrected chi connectivity index (χ1v) is 3.30. The topological polar surface area (TPSA) is 9.23 Å². The van der Waals surface area contributed by atoms with Crippen LogP contribution in [0.5, 0.6) is 0 Å². The lowest BCUT2D eigenvalue weighted by Gasteiger charge is -1.94. The molecule has 0 fully saturated rings. The lowest BCUT2D eigenvalue weighted by molar-refractivity contribution is 0.257. The molecule has 50 valence electrons.